The molecule has 1 fully saturated rings. The highest BCUT2D eigenvalue weighted by atomic mass is 35.5. The Balaban J connectivity index is 1.56. The zero-order chi connectivity index (χ0) is 21.7. The van der Waals surface area contributed by atoms with Gasteiger partial charge >= 0.3 is 0 Å². The van der Waals surface area contributed by atoms with Gasteiger partial charge in [-0.05, 0) is 36.8 Å². The molecule has 30 heavy (non-hydrogen) atoms. The number of nitrogens with one attached hydrogen (secondary N) is 1. The maximum Gasteiger partial charge on any atom is 0.253 e. The van der Waals surface area contributed by atoms with E-state index >= 15 is 0 Å². The van der Waals surface area contributed by atoms with Crippen LogP contribution in [0.1, 0.15) is 54.9 Å². The summed E-state index contributed by atoms with van der Waals surface area (Å²) >= 11 is 8.06. The number of amides is 1. The van der Waals surface area contributed by atoms with Crippen LogP contribution in [0.2, 0.25) is 4.34 Å². The minimum atomic E-state index is -3.82. The molecule has 1 N–H and O–H groups in total. The van der Waals surface area contributed by atoms with E-state index in [9.17, 15) is 18.0 Å². The first kappa shape index (κ1) is 21.9. The summed E-state index contributed by atoms with van der Waals surface area (Å²) < 4.78 is 27.9. The first-order chi connectivity index (χ1) is 14.1. The smallest absolute Gasteiger partial charge is 0.253 e. The van der Waals surface area contributed by atoms with Crippen LogP contribution in [0.25, 0.3) is 0 Å². The van der Waals surface area contributed by atoms with Crippen LogP contribution in [0.4, 0.5) is 5.13 Å². The molecule has 0 aromatic carbocycles. The summed E-state index contributed by atoms with van der Waals surface area (Å²) in [6.45, 7) is 4.32. The predicted molar refractivity (Wildman–Crippen MR) is 118 cm³/mol. The van der Waals surface area contributed by atoms with Gasteiger partial charge in [0, 0.05) is 13.0 Å². The molecule has 0 radical (unpaired) electrons. The molecule has 1 aliphatic heterocycles. The quantitative estimate of drug-likeness (QED) is 0.697. The normalized spacial score (nSPS) is 22.0. The highest BCUT2D eigenvalue weighted by Crippen LogP contribution is 2.38. The predicted octanol–water partition coefficient (Wildman–Crippen LogP) is 4.20. The lowest BCUT2D eigenvalue weighted by atomic mass is 9.78. The maximum atomic E-state index is 13.1. The number of thiophene rings is 1. The van der Waals surface area contributed by atoms with Gasteiger partial charge in [-0.2, -0.15) is 4.31 Å². The van der Waals surface area contributed by atoms with Crippen molar-refractivity contribution in [3.05, 3.63) is 27.0 Å². The van der Waals surface area contributed by atoms with Crippen molar-refractivity contribution in [3.63, 3.8) is 0 Å². The van der Waals surface area contributed by atoms with Crippen molar-refractivity contribution in [1.29, 1.82) is 0 Å². The topological polar surface area (TPSA) is 96.4 Å². The number of hydrogen-bond donors (Lipinski definition) is 1. The number of hydrogen-bond acceptors (Lipinski definition) is 7. The third-order valence-corrected chi connectivity index (χ3v) is 9.99. The molecule has 3 heterocycles. The lowest BCUT2D eigenvalue weighted by Crippen LogP contribution is -2.49. The van der Waals surface area contributed by atoms with E-state index in [1.807, 2.05) is 13.8 Å². The molecule has 7 nitrogen and oxygen atoms in total. The van der Waals surface area contributed by atoms with Crippen molar-refractivity contribution in [2.45, 2.75) is 56.2 Å². The summed E-state index contributed by atoms with van der Waals surface area (Å²) in [7, 11) is -3.82. The standard InChI is InChI=1S/C19H22ClN3O4S3/c1-19(2)9-11-16(13(24)10-19)29-18(21-11)22-17(25)12-5-3-4-8-23(12)30(26,27)15-7-6-14(20)28-15/h6-7,12H,3-5,8-10H2,1-2H3,(H,21,22,25). The molecule has 0 bridgehead atoms. The largest absolute Gasteiger partial charge is 0.301 e. The molecule has 0 saturated carbocycles. The van der Waals surface area contributed by atoms with Gasteiger partial charge in [-0.1, -0.05) is 43.2 Å². The number of halogens is 1. The summed E-state index contributed by atoms with van der Waals surface area (Å²) in [5.41, 5.74) is 0.549. The summed E-state index contributed by atoms with van der Waals surface area (Å²) in [6, 6.07) is 2.18. The third-order valence-electron chi connectivity index (χ3n) is 5.33. The van der Waals surface area contributed by atoms with Crippen LogP contribution < -0.4 is 5.32 Å². The lowest BCUT2D eigenvalue weighted by molar-refractivity contribution is -0.120. The number of thiazole rings is 1. The van der Waals surface area contributed by atoms with Gasteiger partial charge in [0.15, 0.2) is 10.9 Å². The minimum Gasteiger partial charge on any atom is -0.301 e. The van der Waals surface area contributed by atoms with Crippen LogP contribution >= 0.6 is 34.3 Å². The number of rotatable bonds is 4. The van der Waals surface area contributed by atoms with Gasteiger partial charge < -0.3 is 5.32 Å². The van der Waals surface area contributed by atoms with E-state index in [1.54, 1.807) is 0 Å². The van der Waals surface area contributed by atoms with Crippen LogP contribution in [0, 0.1) is 5.41 Å². The second kappa shape index (κ2) is 7.98. The highest BCUT2D eigenvalue weighted by Gasteiger charge is 2.39. The third kappa shape index (κ3) is 4.20. The number of fused-ring (bicyclic) bond motifs is 1. The van der Waals surface area contributed by atoms with E-state index in [1.165, 1.54) is 27.8 Å². The van der Waals surface area contributed by atoms with Gasteiger partial charge in [0.2, 0.25) is 5.91 Å². The Kier molecular flexibility index (Phi) is 5.82. The number of carbonyl (C=O) groups is 2. The molecule has 1 amide bonds. The van der Waals surface area contributed by atoms with Gasteiger partial charge in [-0.3, -0.25) is 9.59 Å². The Bertz CT molecular complexity index is 1110. The molecule has 162 valence electrons. The first-order valence-electron chi connectivity index (χ1n) is 9.68. The van der Waals surface area contributed by atoms with Crippen molar-refractivity contribution in [2.24, 2.45) is 5.41 Å². The molecular formula is C19H22ClN3O4S3. The van der Waals surface area contributed by atoms with E-state index in [-0.39, 0.29) is 22.0 Å². The molecule has 1 aliphatic carbocycles. The van der Waals surface area contributed by atoms with Gasteiger partial charge in [-0.25, -0.2) is 13.4 Å². The van der Waals surface area contributed by atoms with Crippen molar-refractivity contribution < 1.29 is 18.0 Å². The van der Waals surface area contributed by atoms with Crippen LogP contribution in [-0.4, -0.2) is 42.0 Å². The van der Waals surface area contributed by atoms with Crippen molar-refractivity contribution in [1.82, 2.24) is 9.29 Å². The Hall–Kier alpha value is -1.33. The minimum absolute atomic E-state index is 0.0377. The molecule has 11 heteroatoms. The van der Waals surface area contributed by atoms with Gasteiger partial charge in [0.1, 0.15) is 10.3 Å². The van der Waals surface area contributed by atoms with E-state index < -0.39 is 22.0 Å². The molecule has 2 aromatic heterocycles. The average molecular weight is 488 g/mol. The number of aromatic nitrogens is 1. The molecule has 1 atom stereocenters. The summed E-state index contributed by atoms with van der Waals surface area (Å²) in [5.74, 6) is -0.380. The molecule has 1 unspecified atom stereocenters. The number of nitrogens with zero attached hydrogens (tertiary/aromatic N) is 2. The van der Waals surface area contributed by atoms with E-state index in [0.717, 1.165) is 17.8 Å². The molecule has 2 aliphatic rings. The van der Waals surface area contributed by atoms with Crippen LogP contribution in [0.15, 0.2) is 16.3 Å². The second-order valence-corrected chi connectivity index (χ2v) is 13.2. The fraction of sp³-hybridized carbons (Fsp3) is 0.526. The highest BCUT2D eigenvalue weighted by molar-refractivity contribution is 7.91. The van der Waals surface area contributed by atoms with Crippen LogP contribution in [-0.2, 0) is 21.2 Å². The van der Waals surface area contributed by atoms with Gasteiger partial charge in [0.25, 0.3) is 10.0 Å². The fourth-order valence-electron chi connectivity index (χ4n) is 3.97. The molecule has 1 saturated heterocycles. The van der Waals surface area contributed by atoms with Crippen LogP contribution in [0.3, 0.4) is 0 Å². The van der Waals surface area contributed by atoms with Crippen molar-refractivity contribution in [3.8, 4) is 0 Å². The fourth-order valence-corrected chi connectivity index (χ4v) is 8.16. The Morgan fingerprint density at radius 3 is 2.73 bits per heavy atom. The van der Waals surface area contributed by atoms with E-state index in [4.69, 9.17) is 11.6 Å². The lowest BCUT2D eigenvalue weighted by Gasteiger charge is -2.32. The average Bonchev–Trinajstić information content (AvgIpc) is 3.27. The zero-order valence-corrected chi connectivity index (χ0v) is 19.8. The Morgan fingerprint density at radius 1 is 1.27 bits per heavy atom. The summed E-state index contributed by atoms with van der Waals surface area (Å²) in [5, 5.41) is 3.11. The van der Waals surface area contributed by atoms with E-state index in [2.05, 4.69) is 10.3 Å². The summed E-state index contributed by atoms with van der Waals surface area (Å²) in [4.78, 5) is 30.5. The van der Waals surface area contributed by atoms with E-state index in [0.29, 0.717) is 45.7 Å². The van der Waals surface area contributed by atoms with Crippen molar-refractivity contribution >= 4 is 61.1 Å². The van der Waals surface area contributed by atoms with Gasteiger partial charge in [0.05, 0.1) is 14.9 Å². The number of Topliss-reactive ketones (excluding diaryl/α,β-unsaturated/α-hetero) is 1. The number of piperidine rings is 1. The maximum absolute atomic E-state index is 13.1. The number of sulfonamides is 1. The molecule has 0 spiro atoms. The van der Waals surface area contributed by atoms with Crippen molar-refractivity contribution in [2.75, 3.05) is 11.9 Å². The van der Waals surface area contributed by atoms with Crippen LogP contribution in [0.5, 0.6) is 0 Å². The Morgan fingerprint density at radius 2 is 2.03 bits per heavy atom. The molecule has 4 rings (SSSR count). The monoisotopic (exact) mass is 487 g/mol. The second-order valence-electron chi connectivity index (χ2n) is 8.41. The summed E-state index contributed by atoms with van der Waals surface area (Å²) in [6.07, 6.45) is 3.01. The number of anilines is 1. The zero-order valence-electron chi connectivity index (χ0n) is 16.6. The van der Waals surface area contributed by atoms with Gasteiger partial charge in [-0.15, -0.1) is 11.3 Å². The number of ketones is 1. The number of carbonyl (C=O) groups excluding carboxylic acids is 2. The molecule has 2 aromatic rings. The first-order valence-corrected chi connectivity index (χ1v) is 13.1. The molecular weight excluding hydrogens is 466 g/mol. The SMILES string of the molecule is CC1(C)CC(=O)c2sc(NC(=O)C3CCCCN3S(=O)(=O)c3ccc(Cl)s3)nc2C1. The Labute approximate surface area is 188 Å².